The molecule has 0 spiro atoms. The van der Waals surface area contributed by atoms with Gasteiger partial charge >= 0.3 is 0 Å². The molecule has 10 atom stereocenters. The van der Waals surface area contributed by atoms with Crippen molar-refractivity contribution in [1.29, 1.82) is 0 Å². The number of nitrogens with zero attached hydrogens (tertiary/aromatic N) is 2. The van der Waals surface area contributed by atoms with Crippen molar-refractivity contribution in [3.63, 3.8) is 0 Å². The van der Waals surface area contributed by atoms with E-state index in [4.69, 9.17) is 41.8 Å². The zero-order valence-electron chi connectivity index (χ0n) is 55.5. The maximum Gasteiger partial charge on any atom is 0.268 e. The van der Waals surface area contributed by atoms with Crippen LogP contribution in [0.1, 0.15) is 233 Å². The van der Waals surface area contributed by atoms with Crippen LogP contribution < -0.4 is 9.79 Å². The van der Waals surface area contributed by atoms with E-state index >= 15 is 0 Å². The molecule has 22 heteroatoms. The summed E-state index contributed by atoms with van der Waals surface area (Å²) in [6.45, 7) is 9.07. The molecular weight excluding hydrogens is 1130 g/mol. The molecule has 0 aromatic carbocycles. The monoisotopic (exact) mass is 1270 g/mol. The van der Waals surface area contributed by atoms with Crippen molar-refractivity contribution in [3.8, 4) is 0 Å². The first-order chi connectivity index (χ1) is 40.5. The predicted molar refractivity (Wildman–Crippen MR) is 335 cm³/mol. The topological polar surface area (TPSA) is 264 Å². The molecule has 1 fully saturated rings. The second-order valence-electron chi connectivity index (χ2n) is 25.7. The van der Waals surface area contributed by atoms with Crippen molar-refractivity contribution < 1.29 is 95.2 Å². The molecule has 512 valence electrons. The van der Waals surface area contributed by atoms with Crippen molar-refractivity contribution in [2.24, 2.45) is 0 Å². The first-order valence-electron chi connectivity index (χ1n) is 33.7. The van der Waals surface area contributed by atoms with Crippen LogP contribution in [0.4, 0.5) is 0 Å². The molecule has 0 bridgehead atoms. The number of quaternary nitrogens is 2. The summed E-state index contributed by atoms with van der Waals surface area (Å²) in [6, 6.07) is 0. The van der Waals surface area contributed by atoms with E-state index in [2.05, 4.69) is 13.8 Å². The minimum Gasteiger partial charge on any atom is -0.756 e. The predicted octanol–water partition coefficient (Wildman–Crippen LogP) is 10.3. The second kappa shape index (κ2) is 54.3. The molecule has 1 aliphatic rings. The maximum atomic E-state index is 12.3. The summed E-state index contributed by atoms with van der Waals surface area (Å²) in [5, 5.41) is 49.8. The lowest BCUT2D eigenvalue weighted by atomic mass is 9.85. The Bertz CT molecular complexity index is 1550. The second-order valence-corrected chi connectivity index (χ2v) is 28.5. The third-order valence-corrected chi connectivity index (χ3v) is 17.1. The summed E-state index contributed by atoms with van der Waals surface area (Å²) in [5.41, 5.74) is 0. The van der Waals surface area contributed by atoms with Crippen LogP contribution in [0.2, 0.25) is 0 Å². The molecule has 0 aromatic heterocycles. The third-order valence-electron chi connectivity index (χ3n) is 15.1. The number of hydrogen-bond donors (Lipinski definition) is 5. The molecule has 1 saturated carbocycles. The number of aliphatic hydroxyl groups is 5. The van der Waals surface area contributed by atoms with Gasteiger partial charge in [0.1, 0.15) is 75.1 Å². The molecule has 5 N–H and O–H groups in total. The van der Waals surface area contributed by atoms with Gasteiger partial charge in [-0.05, 0) is 19.3 Å². The lowest BCUT2D eigenvalue weighted by molar-refractivity contribution is -0.870. The zero-order valence-corrected chi connectivity index (χ0v) is 57.3. The van der Waals surface area contributed by atoms with Crippen LogP contribution in [-0.2, 0) is 50.9 Å². The SMILES string of the molecule is CCCCCCCCCCCCCCCCCCOC[C@H](COP(=O)([O-])OCC[N+](C)(C)C)OCCC.CCCCCCCCCCCCCCCCCCOC[C@H](COP(=O)([O-])OCC[N+](C)(C)C)OCCOC1[C@@H](O)[C@H](O)C(O)[C@H](O)[C@@H]1O. The van der Waals surface area contributed by atoms with Gasteiger partial charge in [-0.15, -0.1) is 0 Å². The molecule has 85 heavy (non-hydrogen) atoms. The molecule has 1 rings (SSSR count). The molecule has 0 radical (unpaired) electrons. The van der Waals surface area contributed by atoms with Gasteiger partial charge in [0, 0.05) is 19.8 Å². The first-order valence-corrected chi connectivity index (χ1v) is 36.6. The van der Waals surface area contributed by atoms with E-state index in [0.29, 0.717) is 48.5 Å². The van der Waals surface area contributed by atoms with E-state index in [9.17, 15) is 44.4 Å². The van der Waals surface area contributed by atoms with E-state index in [1.165, 1.54) is 180 Å². The maximum absolute atomic E-state index is 12.3. The highest BCUT2D eigenvalue weighted by Gasteiger charge is 2.49. The molecular formula is C63H132N2O18P2. The Labute approximate surface area is 518 Å². The van der Waals surface area contributed by atoms with E-state index in [0.717, 1.165) is 32.1 Å². The summed E-state index contributed by atoms with van der Waals surface area (Å²) in [5.74, 6) is 0. The summed E-state index contributed by atoms with van der Waals surface area (Å²) >= 11 is 0. The minimum absolute atomic E-state index is 0.0299. The number of rotatable bonds is 60. The molecule has 0 aromatic rings. The molecule has 0 aliphatic heterocycles. The van der Waals surface area contributed by atoms with E-state index in [1.807, 2.05) is 49.2 Å². The third kappa shape index (κ3) is 53.0. The van der Waals surface area contributed by atoms with Gasteiger partial charge in [0.05, 0.1) is 81.9 Å². The van der Waals surface area contributed by atoms with Gasteiger partial charge in [-0.2, -0.15) is 0 Å². The normalized spacial score (nSPS) is 20.7. The smallest absolute Gasteiger partial charge is 0.268 e. The number of phosphoric ester groups is 2. The van der Waals surface area contributed by atoms with Crippen LogP contribution in [0.25, 0.3) is 0 Å². The Kier molecular flexibility index (Phi) is 54.1. The van der Waals surface area contributed by atoms with Crippen molar-refractivity contribution >= 4 is 15.6 Å². The number of phosphoric acid groups is 2. The van der Waals surface area contributed by atoms with Crippen LogP contribution in [0.3, 0.4) is 0 Å². The molecule has 0 saturated heterocycles. The highest BCUT2D eigenvalue weighted by Crippen LogP contribution is 2.39. The highest BCUT2D eigenvalue weighted by atomic mass is 31.2. The van der Waals surface area contributed by atoms with Crippen LogP contribution in [0, 0.1) is 0 Å². The zero-order chi connectivity index (χ0) is 63.5. The van der Waals surface area contributed by atoms with E-state index in [1.54, 1.807) is 0 Å². The standard InChI is InChI=1S/C34H70NO12P.C29H62NO6P/c1-5-6-7-8-9-10-11-12-13-14-15-16-17-18-19-20-22-43-26-28(27-47-48(41,42)46-23-21-35(2,3)4)44-24-25-45-34-32(39)30(37)29(36)31(38)33(34)40;1-6-8-9-10-11-12-13-14-15-16-17-18-19-20-21-22-25-33-27-29(34-24-7-2)28-36-37(31,32)35-26-23-30(3,4)5/h28-34,36-40H,5-27H2,1-4H3;29H,6-28H2,1-5H3/t28-,29?,30-,31+,32+,33+,34?;29-/m11/s1. The molecule has 1 aliphatic carbocycles. The van der Waals surface area contributed by atoms with E-state index in [-0.39, 0.29) is 46.2 Å². The quantitative estimate of drug-likeness (QED) is 0.0215. The lowest BCUT2D eigenvalue weighted by Gasteiger charge is -2.41. The largest absolute Gasteiger partial charge is 0.756 e. The van der Waals surface area contributed by atoms with Gasteiger partial charge < -0.3 is 86.1 Å². The fraction of sp³-hybridized carbons (Fsp3) is 1.00. The number of aliphatic hydroxyl groups excluding tert-OH is 5. The Morgan fingerprint density at radius 2 is 0.624 bits per heavy atom. The van der Waals surface area contributed by atoms with Crippen LogP contribution in [-0.4, -0.2) is 211 Å². The fourth-order valence-corrected chi connectivity index (χ4v) is 11.0. The van der Waals surface area contributed by atoms with Gasteiger partial charge in [0.2, 0.25) is 0 Å². The lowest BCUT2D eigenvalue weighted by Crippen LogP contribution is -2.64. The Balaban J connectivity index is 0.00000172. The molecule has 0 amide bonds. The Hall–Kier alpha value is -0.260. The molecule has 4 unspecified atom stereocenters. The van der Waals surface area contributed by atoms with Gasteiger partial charge in [-0.3, -0.25) is 9.13 Å². The molecule has 0 heterocycles. The van der Waals surface area contributed by atoms with Gasteiger partial charge in [0.25, 0.3) is 15.6 Å². The number of ether oxygens (including phenoxy) is 5. The Morgan fingerprint density at radius 1 is 0.341 bits per heavy atom. The average molecular weight is 1270 g/mol. The van der Waals surface area contributed by atoms with Crippen molar-refractivity contribution in [2.45, 2.75) is 281 Å². The van der Waals surface area contributed by atoms with Gasteiger partial charge in [0.15, 0.2) is 0 Å². The van der Waals surface area contributed by atoms with Crippen LogP contribution in [0.5, 0.6) is 0 Å². The van der Waals surface area contributed by atoms with Gasteiger partial charge in [-0.1, -0.05) is 213 Å². The molecule has 20 nitrogen and oxygen atoms in total. The first kappa shape index (κ1) is 84.7. The van der Waals surface area contributed by atoms with Gasteiger partial charge in [-0.25, -0.2) is 0 Å². The van der Waals surface area contributed by atoms with Crippen LogP contribution >= 0.6 is 15.6 Å². The number of likely N-dealkylation sites (N-methyl/N-ethyl adjacent to an activating group) is 2. The fourth-order valence-electron chi connectivity index (χ4n) is 9.58. The van der Waals surface area contributed by atoms with Crippen molar-refractivity contribution in [2.75, 3.05) is 128 Å². The number of unbranched alkanes of at least 4 members (excludes halogenated alkanes) is 30. The highest BCUT2D eigenvalue weighted by molar-refractivity contribution is 7.46. The van der Waals surface area contributed by atoms with Crippen LogP contribution in [0.15, 0.2) is 0 Å². The summed E-state index contributed by atoms with van der Waals surface area (Å²) in [4.78, 5) is 24.3. The van der Waals surface area contributed by atoms with E-state index < -0.39 is 64.5 Å². The minimum atomic E-state index is -4.58. The Morgan fingerprint density at radius 3 is 0.918 bits per heavy atom. The summed E-state index contributed by atoms with van der Waals surface area (Å²) in [6.07, 6.45) is 31.9. The average Bonchev–Trinajstić information content (AvgIpc) is 3.57. The van der Waals surface area contributed by atoms with Crippen molar-refractivity contribution in [3.05, 3.63) is 0 Å². The summed E-state index contributed by atoms with van der Waals surface area (Å²) < 4.78 is 73.9. The summed E-state index contributed by atoms with van der Waals surface area (Å²) in [7, 11) is 2.76. The van der Waals surface area contributed by atoms with Crippen molar-refractivity contribution in [1.82, 2.24) is 0 Å². The number of hydrogen-bond acceptors (Lipinski definition) is 18.